The maximum absolute atomic E-state index is 10.9. The fraction of sp³-hybridized carbons (Fsp3) is 0.600. The zero-order valence-electron chi connectivity index (χ0n) is 34.3. The van der Waals surface area contributed by atoms with Crippen LogP contribution in [0.3, 0.4) is 0 Å². The minimum absolute atomic E-state index is 0.0117. The molecule has 0 amide bonds. The van der Waals surface area contributed by atoms with Gasteiger partial charge in [-0.15, -0.1) is 0 Å². The first-order valence-corrected chi connectivity index (χ1v) is 19.5. The molecule has 1 aliphatic rings. The van der Waals surface area contributed by atoms with Crippen molar-refractivity contribution in [3.05, 3.63) is 86.5 Å². The van der Waals surface area contributed by atoms with E-state index in [2.05, 4.69) is 154 Å². The number of phenols is 1. The van der Waals surface area contributed by atoms with Gasteiger partial charge in [0.05, 0.1) is 6.61 Å². The monoisotopic (exact) mass is 686 g/mol. The fourth-order valence-corrected chi connectivity index (χ4v) is 8.61. The second-order valence-corrected chi connectivity index (χ2v) is 22.2. The number of aromatic hydroxyl groups is 1. The van der Waals surface area contributed by atoms with E-state index in [1.807, 2.05) is 6.92 Å². The summed E-state index contributed by atoms with van der Waals surface area (Å²) in [5, 5.41) is 12.1. The normalized spacial score (nSPS) is 16.2. The lowest BCUT2D eigenvalue weighted by molar-refractivity contribution is 0.184. The Morgan fingerprint density at radius 3 is 1.65 bits per heavy atom. The van der Waals surface area contributed by atoms with Crippen LogP contribution in [0.4, 0.5) is 0 Å². The quantitative estimate of drug-likeness (QED) is 0.272. The first-order chi connectivity index (χ1) is 22.0. The van der Waals surface area contributed by atoms with Crippen molar-refractivity contribution in [1.82, 2.24) is 0 Å². The number of fused-ring (bicyclic) bond motifs is 2. The number of rotatable bonds is 5. The van der Waals surface area contributed by atoms with Crippen LogP contribution in [0.15, 0.2) is 36.4 Å². The molecule has 49 heavy (non-hydrogen) atoms. The van der Waals surface area contributed by atoms with Crippen molar-refractivity contribution in [2.45, 2.75) is 165 Å². The molecule has 0 spiro atoms. The molecule has 0 radical (unpaired) electrons. The smallest absolute Gasteiger partial charge is 0.265 e. The van der Waals surface area contributed by atoms with Gasteiger partial charge in [-0.25, -0.2) is 0 Å². The van der Waals surface area contributed by atoms with Gasteiger partial charge in [-0.1, -0.05) is 148 Å². The molecule has 3 aromatic rings. The average molecular weight is 687 g/mol. The molecule has 3 nitrogen and oxygen atoms in total. The topological polar surface area (TPSA) is 38.7 Å². The van der Waals surface area contributed by atoms with Crippen LogP contribution in [0.5, 0.6) is 11.5 Å². The van der Waals surface area contributed by atoms with Crippen LogP contribution in [0.1, 0.15) is 168 Å². The van der Waals surface area contributed by atoms with E-state index in [9.17, 15) is 5.11 Å². The molecule has 1 heterocycles. The SMILES string of the molecule is Cc1cc(CC(C)(C)COP2Oc3c(cc(C(C)(C)C)cc3C(C)(C)C)Cc3c2cc(C(C)(C)C)cc3C(C)(C)C)cc(C(C)(C)C)c1O. The van der Waals surface area contributed by atoms with Crippen LogP contribution in [-0.4, -0.2) is 11.7 Å². The van der Waals surface area contributed by atoms with Crippen LogP contribution in [0, 0.1) is 12.3 Å². The van der Waals surface area contributed by atoms with Crippen LogP contribution in [0.25, 0.3) is 0 Å². The van der Waals surface area contributed by atoms with Crippen LogP contribution in [-0.2, 0) is 44.4 Å². The summed E-state index contributed by atoms with van der Waals surface area (Å²) in [6.45, 7) is 41.4. The molecule has 0 bridgehead atoms. The van der Waals surface area contributed by atoms with Gasteiger partial charge in [-0.3, -0.25) is 0 Å². The highest BCUT2D eigenvalue weighted by atomic mass is 31.2. The Labute approximate surface area is 301 Å². The summed E-state index contributed by atoms with van der Waals surface area (Å²) in [5.41, 5.74) is 10.6. The van der Waals surface area contributed by atoms with Gasteiger partial charge in [0.15, 0.2) is 0 Å². The Morgan fingerprint density at radius 1 is 0.633 bits per heavy atom. The van der Waals surface area contributed by atoms with Gasteiger partial charge >= 0.3 is 0 Å². The molecule has 4 heteroatoms. The highest BCUT2D eigenvalue weighted by Crippen LogP contribution is 2.52. The van der Waals surface area contributed by atoms with E-state index in [-0.39, 0.29) is 32.5 Å². The largest absolute Gasteiger partial charge is 0.507 e. The van der Waals surface area contributed by atoms with Gasteiger partial charge in [0, 0.05) is 17.3 Å². The summed E-state index contributed by atoms with van der Waals surface area (Å²) in [6.07, 6.45) is 1.66. The fourth-order valence-electron chi connectivity index (χ4n) is 6.81. The second-order valence-electron chi connectivity index (χ2n) is 20.7. The summed E-state index contributed by atoms with van der Waals surface area (Å²) in [5.74, 6) is 1.41. The summed E-state index contributed by atoms with van der Waals surface area (Å²) in [4.78, 5) is 0. The molecule has 0 fully saturated rings. The molecular weight excluding hydrogens is 619 g/mol. The lowest BCUT2D eigenvalue weighted by Crippen LogP contribution is -2.27. The first kappa shape index (κ1) is 39.4. The van der Waals surface area contributed by atoms with Crippen molar-refractivity contribution < 1.29 is 14.2 Å². The Bertz CT molecular complexity index is 1690. The number of phenolic OH excluding ortho intramolecular Hbond substituents is 1. The standard InChI is InChI=1S/C45H67O3P/c1-28-19-29(20-35(38(28)46)43(11,12)13)26-45(17,18)27-47-49-37-25-32(41(5,6)7)23-34(42(8,9)10)33(37)22-30-21-31(40(2,3)4)24-36(39(30)48-49)44(14,15)16/h19-21,23-25,46H,22,26-27H2,1-18H3. The van der Waals surface area contributed by atoms with Gasteiger partial charge in [-0.2, -0.15) is 0 Å². The number of hydrogen-bond acceptors (Lipinski definition) is 3. The van der Waals surface area contributed by atoms with Gasteiger partial charge in [0.2, 0.25) is 0 Å². The molecule has 0 saturated carbocycles. The molecular formula is C45H67O3P. The third kappa shape index (κ3) is 8.94. The molecule has 0 aliphatic carbocycles. The van der Waals surface area contributed by atoms with Gasteiger partial charge in [0.1, 0.15) is 11.5 Å². The van der Waals surface area contributed by atoms with Crippen molar-refractivity contribution in [3.63, 3.8) is 0 Å². The lowest BCUT2D eigenvalue weighted by Gasteiger charge is -2.32. The Kier molecular flexibility index (Phi) is 10.5. The number of benzene rings is 3. The molecule has 1 N–H and O–H groups in total. The van der Waals surface area contributed by atoms with Crippen LogP contribution in [0.2, 0.25) is 0 Å². The summed E-state index contributed by atoms with van der Waals surface area (Å²) >= 11 is 0. The van der Waals surface area contributed by atoms with Gasteiger partial charge < -0.3 is 14.2 Å². The number of hydrogen-bond donors (Lipinski definition) is 1. The maximum Gasteiger partial charge on any atom is 0.265 e. The predicted molar refractivity (Wildman–Crippen MR) is 213 cm³/mol. The van der Waals surface area contributed by atoms with E-state index in [4.69, 9.17) is 9.05 Å². The molecule has 1 atom stereocenters. The van der Waals surface area contributed by atoms with Gasteiger partial charge in [0.25, 0.3) is 8.38 Å². The third-order valence-corrected chi connectivity index (χ3v) is 11.4. The first-order valence-electron chi connectivity index (χ1n) is 18.3. The molecule has 0 aromatic heterocycles. The van der Waals surface area contributed by atoms with E-state index < -0.39 is 8.38 Å². The van der Waals surface area contributed by atoms with Crippen molar-refractivity contribution in [1.29, 1.82) is 0 Å². The average Bonchev–Trinajstić information content (AvgIpc) is 3.06. The summed E-state index contributed by atoms with van der Waals surface area (Å²) in [6, 6.07) is 14.0. The van der Waals surface area contributed by atoms with Crippen molar-refractivity contribution in [2.75, 3.05) is 6.61 Å². The zero-order chi connectivity index (χ0) is 37.3. The van der Waals surface area contributed by atoms with Crippen molar-refractivity contribution >= 4 is 13.7 Å². The molecule has 1 aliphatic heterocycles. The third-order valence-electron chi connectivity index (χ3n) is 9.90. The molecule has 1 unspecified atom stereocenters. The number of aryl methyl sites for hydroxylation is 1. The minimum atomic E-state index is -1.44. The van der Waals surface area contributed by atoms with Gasteiger partial charge in [-0.05, 0) is 96.4 Å². The minimum Gasteiger partial charge on any atom is -0.507 e. The Morgan fingerprint density at radius 2 is 1.14 bits per heavy atom. The van der Waals surface area contributed by atoms with Crippen LogP contribution >= 0.6 is 8.38 Å². The maximum atomic E-state index is 10.9. The lowest BCUT2D eigenvalue weighted by atomic mass is 9.75. The Balaban J connectivity index is 1.89. The predicted octanol–water partition coefficient (Wildman–Crippen LogP) is 12.4. The molecule has 3 aromatic carbocycles. The molecule has 270 valence electrons. The highest BCUT2D eigenvalue weighted by molar-refractivity contribution is 7.56. The van der Waals surface area contributed by atoms with E-state index in [1.165, 1.54) is 44.2 Å². The van der Waals surface area contributed by atoms with Crippen molar-refractivity contribution in [2.24, 2.45) is 5.41 Å². The molecule has 4 rings (SSSR count). The van der Waals surface area contributed by atoms with Crippen LogP contribution < -0.4 is 9.83 Å². The summed E-state index contributed by atoms with van der Waals surface area (Å²) < 4.78 is 14.4. The second kappa shape index (κ2) is 13.0. The van der Waals surface area contributed by atoms with E-state index in [0.29, 0.717) is 12.4 Å². The van der Waals surface area contributed by atoms with E-state index in [1.54, 1.807) is 0 Å². The highest BCUT2D eigenvalue weighted by Gasteiger charge is 2.37. The Hall–Kier alpha value is -2.35. The van der Waals surface area contributed by atoms with Crippen molar-refractivity contribution in [3.8, 4) is 11.5 Å². The zero-order valence-corrected chi connectivity index (χ0v) is 35.2. The summed E-state index contributed by atoms with van der Waals surface area (Å²) in [7, 11) is -1.44. The van der Waals surface area contributed by atoms with E-state index in [0.717, 1.165) is 29.7 Å². The molecule has 0 saturated heterocycles. The van der Waals surface area contributed by atoms with E-state index >= 15 is 0 Å².